The van der Waals surface area contributed by atoms with Gasteiger partial charge in [0.05, 0.1) is 6.54 Å². The Bertz CT molecular complexity index is 844. The molecule has 27 heavy (non-hydrogen) atoms. The number of amides is 2. The van der Waals surface area contributed by atoms with Gasteiger partial charge in [0, 0.05) is 25.1 Å². The van der Waals surface area contributed by atoms with Gasteiger partial charge in [-0.15, -0.1) is 0 Å². The lowest BCUT2D eigenvalue weighted by atomic mass is 10.0. The third-order valence-electron chi connectivity index (χ3n) is 4.42. The molecule has 0 atom stereocenters. The number of fused-ring (bicyclic) bond motifs is 1. The van der Waals surface area contributed by atoms with E-state index in [1.807, 2.05) is 18.2 Å². The predicted octanol–water partition coefficient (Wildman–Crippen LogP) is 1.90. The molecule has 0 unspecified atom stereocenters. The van der Waals surface area contributed by atoms with Crippen LogP contribution in [0, 0.1) is 0 Å². The maximum absolute atomic E-state index is 11.9. The van der Waals surface area contributed by atoms with Crippen molar-refractivity contribution < 1.29 is 14.3 Å². The molecule has 3 rings (SSSR count). The molecule has 142 valence electrons. The summed E-state index contributed by atoms with van der Waals surface area (Å²) in [6.45, 7) is 5.49. The first-order chi connectivity index (χ1) is 12.8. The van der Waals surface area contributed by atoms with Gasteiger partial charge in [0.15, 0.2) is 0 Å². The molecule has 0 saturated heterocycles. The summed E-state index contributed by atoms with van der Waals surface area (Å²) < 4.78 is 5.91. The fraction of sp³-hybridized carbons (Fsp3) is 0.333. The van der Waals surface area contributed by atoms with Crippen molar-refractivity contribution in [2.24, 2.45) is 5.73 Å². The van der Waals surface area contributed by atoms with Crippen LogP contribution in [0.5, 0.6) is 5.75 Å². The number of primary amides is 1. The molecule has 2 amide bonds. The monoisotopic (exact) mass is 367 g/mol. The number of hydrogen-bond acceptors (Lipinski definition) is 4. The van der Waals surface area contributed by atoms with Crippen LogP contribution in [0.3, 0.4) is 0 Å². The largest absolute Gasteiger partial charge is 0.487 e. The molecule has 1 aliphatic rings. The summed E-state index contributed by atoms with van der Waals surface area (Å²) in [4.78, 5) is 22.6. The Hall–Kier alpha value is -2.86. The van der Waals surface area contributed by atoms with Crippen molar-refractivity contribution in [2.75, 3.05) is 6.54 Å². The van der Waals surface area contributed by atoms with Gasteiger partial charge < -0.3 is 21.1 Å². The van der Waals surface area contributed by atoms with Crippen LogP contribution in [0.1, 0.15) is 40.9 Å². The lowest BCUT2D eigenvalue weighted by molar-refractivity contribution is -0.117. The summed E-state index contributed by atoms with van der Waals surface area (Å²) in [7, 11) is 0. The number of ether oxygens (including phenoxy) is 1. The van der Waals surface area contributed by atoms with Crippen LogP contribution in [-0.2, 0) is 24.3 Å². The van der Waals surface area contributed by atoms with Gasteiger partial charge in [-0.3, -0.25) is 9.59 Å². The number of benzene rings is 2. The van der Waals surface area contributed by atoms with E-state index in [1.165, 1.54) is 11.1 Å². The molecule has 6 heteroatoms. The maximum Gasteiger partial charge on any atom is 0.251 e. The highest BCUT2D eigenvalue weighted by Gasteiger charge is 2.29. The number of carbonyl (C=O) groups is 2. The topological polar surface area (TPSA) is 93.5 Å². The molecule has 2 aromatic rings. The highest BCUT2D eigenvalue weighted by molar-refractivity contribution is 5.96. The Morgan fingerprint density at radius 2 is 1.74 bits per heavy atom. The summed E-state index contributed by atoms with van der Waals surface area (Å²) in [5, 5.41) is 5.89. The molecule has 1 aliphatic heterocycles. The minimum atomic E-state index is -0.564. The Morgan fingerprint density at radius 3 is 2.44 bits per heavy atom. The number of rotatable bonds is 7. The Kier molecular flexibility index (Phi) is 5.46. The smallest absolute Gasteiger partial charge is 0.251 e. The van der Waals surface area contributed by atoms with E-state index >= 15 is 0 Å². The third kappa shape index (κ3) is 5.08. The SMILES string of the molecule is CC1(C)Cc2cc(CNCc3ccc(C(=O)NCC(N)=O)cc3)ccc2O1. The minimum Gasteiger partial charge on any atom is -0.487 e. The zero-order chi connectivity index (χ0) is 19.4. The first-order valence-electron chi connectivity index (χ1n) is 8.99. The van der Waals surface area contributed by atoms with Crippen molar-refractivity contribution in [1.82, 2.24) is 10.6 Å². The average Bonchev–Trinajstić information content (AvgIpc) is 2.93. The van der Waals surface area contributed by atoms with E-state index in [1.54, 1.807) is 12.1 Å². The van der Waals surface area contributed by atoms with E-state index in [9.17, 15) is 9.59 Å². The van der Waals surface area contributed by atoms with Crippen molar-refractivity contribution in [2.45, 2.75) is 39.0 Å². The second-order valence-corrected chi connectivity index (χ2v) is 7.43. The Morgan fingerprint density at radius 1 is 1.07 bits per heavy atom. The standard InChI is InChI=1S/C21H25N3O3/c1-21(2)10-17-9-15(5-8-18(17)27-21)12-23-11-14-3-6-16(7-4-14)20(26)24-13-19(22)25/h3-9,23H,10-13H2,1-2H3,(H2,22,25)(H,24,26). The van der Waals surface area contributed by atoms with Gasteiger partial charge in [0.25, 0.3) is 5.91 Å². The van der Waals surface area contributed by atoms with Gasteiger partial charge in [-0.25, -0.2) is 0 Å². The Balaban J connectivity index is 1.50. The first-order valence-corrected chi connectivity index (χ1v) is 8.99. The average molecular weight is 367 g/mol. The van der Waals surface area contributed by atoms with Crippen LogP contribution in [0.15, 0.2) is 42.5 Å². The second kappa shape index (κ2) is 7.80. The highest BCUT2D eigenvalue weighted by atomic mass is 16.5. The van der Waals surface area contributed by atoms with E-state index in [0.29, 0.717) is 12.1 Å². The number of nitrogens with two attached hydrogens (primary N) is 1. The van der Waals surface area contributed by atoms with Crippen molar-refractivity contribution in [1.29, 1.82) is 0 Å². The van der Waals surface area contributed by atoms with Crippen LogP contribution >= 0.6 is 0 Å². The summed E-state index contributed by atoms with van der Waals surface area (Å²) >= 11 is 0. The molecule has 0 radical (unpaired) electrons. The molecule has 0 saturated carbocycles. The van der Waals surface area contributed by atoms with Crippen molar-refractivity contribution >= 4 is 11.8 Å². The number of nitrogens with one attached hydrogen (secondary N) is 2. The normalized spacial score (nSPS) is 14.3. The molecule has 1 heterocycles. The number of hydrogen-bond donors (Lipinski definition) is 3. The van der Waals surface area contributed by atoms with Crippen molar-refractivity contribution in [3.63, 3.8) is 0 Å². The number of carbonyl (C=O) groups excluding carboxylic acids is 2. The molecule has 6 nitrogen and oxygen atoms in total. The molecule has 0 bridgehead atoms. The van der Waals surface area contributed by atoms with Crippen LogP contribution in [0.2, 0.25) is 0 Å². The van der Waals surface area contributed by atoms with Crippen LogP contribution in [0.25, 0.3) is 0 Å². The fourth-order valence-corrected chi connectivity index (χ4v) is 3.17. The van der Waals surface area contributed by atoms with Gasteiger partial charge in [-0.1, -0.05) is 24.3 Å². The zero-order valence-corrected chi connectivity index (χ0v) is 15.7. The molecule has 0 aromatic heterocycles. The van der Waals surface area contributed by atoms with Crippen LogP contribution < -0.4 is 21.1 Å². The van der Waals surface area contributed by atoms with E-state index < -0.39 is 5.91 Å². The van der Waals surface area contributed by atoms with E-state index in [-0.39, 0.29) is 18.1 Å². The quantitative estimate of drug-likeness (QED) is 0.697. The molecule has 4 N–H and O–H groups in total. The van der Waals surface area contributed by atoms with Gasteiger partial charge in [-0.2, -0.15) is 0 Å². The van der Waals surface area contributed by atoms with Crippen molar-refractivity contribution in [3.05, 3.63) is 64.7 Å². The molecule has 0 fully saturated rings. The minimum absolute atomic E-state index is 0.125. The third-order valence-corrected chi connectivity index (χ3v) is 4.42. The summed E-state index contributed by atoms with van der Waals surface area (Å²) in [6.07, 6.45) is 0.926. The van der Waals surface area contributed by atoms with E-state index in [4.69, 9.17) is 10.5 Å². The van der Waals surface area contributed by atoms with Crippen molar-refractivity contribution in [3.8, 4) is 5.75 Å². The first kappa shape index (κ1) is 18.9. The molecular formula is C21H25N3O3. The summed E-state index contributed by atoms with van der Waals surface area (Å²) in [5.74, 6) is 0.108. The van der Waals surface area contributed by atoms with Gasteiger partial charge in [-0.05, 0) is 48.7 Å². The molecule has 0 spiro atoms. The van der Waals surface area contributed by atoms with Gasteiger partial charge in [0.2, 0.25) is 5.91 Å². The lowest BCUT2D eigenvalue weighted by Gasteiger charge is -2.16. The summed E-state index contributed by atoms with van der Waals surface area (Å²) in [5.41, 5.74) is 8.95. The molecule has 2 aromatic carbocycles. The Labute approximate surface area is 159 Å². The van der Waals surface area contributed by atoms with Crippen LogP contribution in [0.4, 0.5) is 0 Å². The maximum atomic E-state index is 11.9. The van der Waals surface area contributed by atoms with Gasteiger partial charge >= 0.3 is 0 Å². The van der Waals surface area contributed by atoms with E-state index in [2.05, 4.69) is 36.6 Å². The van der Waals surface area contributed by atoms with Crippen LogP contribution in [-0.4, -0.2) is 24.0 Å². The zero-order valence-electron chi connectivity index (χ0n) is 15.7. The fourth-order valence-electron chi connectivity index (χ4n) is 3.17. The van der Waals surface area contributed by atoms with E-state index in [0.717, 1.165) is 24.3 Å². The molecule has 0 aliphatic carbocycles. The molecular weight excluding hydrogens is 342 g/mol. The van der Waals surface area contributed by atoms with Gasteiger partial charge in [0.1, 0.15) is 11.4 Å². The summed E-state index contributed by atoms with van der Waals surface area (Å²) in [6, 6.07) is 13.6. The lowest BCUT2D eigenvalue weighted by Crippen LogP contribution is -2.33. The second-order valence-electron chi connectivity index (χ2n) is 7.43. The highest BCUT2D eigenvalue weighted by Crippen LogP contribution is 2.35. The predicted molar refractivity (Wildman–Crippen MR) is 103 cm³/mol.